The molecule has 22 heavy (non-hydrogen) atoms. The number of rotatable bonds is 5. The minimum Gasteiger partial charge on any atom is -0.493 e. The van der Waals surface area contributed by atoms with E-state index < -0.39 is 5.97 Å². The average molecular weight is 303 g/mol. The standard InChI is InChI=1S/C15H17N3O4/c1-21-11-7-6-10(8-12(11)22-2)18-14(9-4-3-5-9)13(15(19)20)16-17-18/h6-9H,3-5H2,1-2H3,(H,19,20). The van der Waals surface area contributed by atoms with Gasteiger partial charge in [-0.05, 0) is 25.0 Å². The van der Waals surface area contributed by atoms with Gasteiger partial charge in [0, 0.05) is 12.0 Å². The second-order valence-electron chi connectivity index (χ2n) is 5.21. The Kier molecular flexibility index (Phi) is 3.70. The van der Waals surface area contributed by atoms with Crippen LogP contribution in [0.25, 0.3) is 5.69 Å². The van der Waals surface area contributed by atoms with Gasteiger partial charge < -0.3 is 14.6 Å². The van der Waals surface area contributed by atoms with Crippen LogP contribution in [0.3, 0.4) is 0 Å². The molecule has 3 rings (SSSR count). The van der Waals surface area contributed by atoms with Gasteiger partial charge in [-0.3, -0.25) is 0 Å². The van der Waals surface area contributed by atoms with Crippen molar-refractivity contribution >= 4 is 5.97 Å². The number of hydrogen-bond acceptors (Lipinski definition) is 5. The number of carboxylic acids is 1. The van der Waals surface area contributed by atoms with E-state index in [2.05, 4.69) is 10.3 Å². The van der Waals surface area contributed by atoms with Crippen LogP contribution in [0.4, 0.5) is 0 Å². The summed E-state index contributed by atoms with van der Waals surface area (Å²) in [7, 11) is 3.12. The molecular formula is C15H17N3O4. The van der Waals surface area contributed by atoms with Crippen LogP contribution in [0.2, 0.25) is 0 Å². The van der Waals surface area contributed by atoms with E-state index >= 15 is 0 Å². The number of carboxylic acid groups (broad SMARTS) is 1. The number of nitrogens with zero attached hydrogens (tertiary/aromatic N) is 3. The quantitative estimate of drug-likeness (QED) is 0.911. The van der Waals surface area contributed by atoms with Crippen LogP contribution in [0.15, 0.2) is 18.2 Å². The molecule has 0 atom stereocenters. The van der Waals surface area contributed by atoms with E-state index in [9.17, 15) is 9.90 Å². The molecule has 0 aliphatic heterocycles. The SMILES string of the molecule is COc1ccc(-n2nnc(C(=O)O)c2C2CCC2)cc1OC. The van der Waals surface area contributed by atoms with Crippen molar-refractivity contribution in [1.29, 1.82) is 0 Å². The van der Waals surface area contributed by atoms with Gasteiger partial charge in [0.05, 0.1) is 25.6 Å². The van der Waals surface area contributed by atoms with Crippen LogP contribution in [0, 0.1) is 0 Å². The van der Waals surface area contributed by atoms with Gasteiger partial charge in [-0.15, -0.1) is 5.10 Å². The fourth-order valence-corrected chi connectivity index (χ4v) is 2.64. The molecule has 0 bridgehead atoms. The highest BCUT2D eigenvalue weighted by molar-refractivity contribution is 5.87. The molecule has 1 aliphatic rings. The van der Waals surface area contributed by atoms with Gasteiger partial charge in [-0.2, -0.15) is 0 Å². The minimum atomic E-state index is -1.05. The summed E-state index contributed by atoms with van der Waals surface area (Å²) in [4.78, 5) is 11.4. The lowest BCUT2D eigenvalue weighted by Crippen LogP contribution is -2.17. The van der Waals surface area contributed by atoms with E-state index in [0.29, 0.717) is 22.9 Å². The number of benzene rings is 1. The zero-order valence-electron chi connectivity index (χ0n) is 12.4. The molecule has 7 nitrogen and oxygen atoms in total. The zero-order valence-corrected chi connectivity index (χ0v) is 12.4. The van der Waals surface area contributed by atoms with E-state index in [1.807, 2.05) is 6.07 Å². The van der Waals surface area contributed by atoms with E-state index in [1.54, 1.807) is 31.0 Å². The number of aromatic carboxylic acids is 1. The van der Waals surface area contributed by atoms with Gasteiger partial charge in [0.2, 0.25) is 0 Å². The molecule has 0 saturated heterocycles. The largest absolute Gasteiger partial charge is 0.493 e. The van der Waals surface area contributed by atoms with Gasteiger partial charge in [-0.25, -0.2) is 9.48 Å². The average Bonchev–Trinajstić information content (AvgIpc) is 2.89. The Bertz CT molecular complexity index is 707. The molecule has 7 heteroatoms. The van der Waals surface area contributed by atoms with Crippen LogP contribution < -0.4 is 9.47 Å². The van der Waals surface area contributed by atoms with Gasteiger partial charge in [0.15, 0.2) is 17.2 Å². The van der Waals surface area contributed by atoms with E-state index in [4.69, 9.17) is 9.47 Å². The fraction of sp³-hybridized carbons (Fsp3) is 0.400. The van der Waals surface area contributed by atoms with Crippen molar-refractivity contribution in [2.45, 2.75) is 25.2 Å². The molecule has 0 amide bonds. The molecule has 1 N–H and O–H groups in total. The fourth-order valence-electron chi connectivity index (χ4n) is 2.64. The monoisotopic (exact) mass is 303 g/mol. The summed E-state index contributed by atoms with van der Waals surface area (Å²) in [6.07, 6.45) is 3.02. The highest BCUT2D eigenvalue weighted by atomic mass is 16.5. The van der Waals surface area contributed by atoms with E-state index in [-0.39, 0.29) is 11.6 Å². The van der Waals surface area contributed by atoms with E-state index in [1.165, 1.54) is 0 Å². The molecule has 0 spiro atoms. The van der Waals surface area contributed by atoms with Gasteiger partial charge in [0.25, 0.3) is 0 Å². The molecule has 1 aromatic carbocycles. The summed E-state index contributed by atoms with van der Waals surface area (Å²) in [6.45, 7) is 0. The lowest BCUT2D eigenvalue weighted by Gasteiger charge is -2.26. The highest BCUT2D eigenvalue weighted by Crippen LogP contribution is 2.39. The Morgan fingerprint density at radius 2 is 2.00 bits per heavy atom. The van der Waals surface area contributed by atoms with Crippen molar-refractivity contribution in [1.82, 2.24) is 15.0 Å². The maximum atomic E-state index is 11.4. The lowest BCUT2D eigenvalue weighted by molar-refractivity contribution is 0.0687. The first-order valence-corrected chi connectivity index (χ1v) is 7.07. The summed E-state index contributed by atoms with van der Waals surface area (Å²) in [5.74, 6) is 0.310. The molecular weight excluding hydrogens is 286 g/mol. The molecule has 1 fully saturated rings. The van der Waals surface area contributed by atoms with Crippen LogP contribution in [0.5, 0.6) is 11.5 Å². The van der Waals surface area contributed by atoms with Crippen LogP contribution in [0.1, 0.15) is 41.4 Å². The summed E-state index contributed by atoms with van der Waals surface area (Å²) >= 11 is 0. The molecule has 0 radical (unpaired) electrons. The number of aromatic nitrogens is 3. The van der Waals surface area contributed by atoms with Gasteiger partial charge in [0.1, 0.15) is 0 Å². The lowest BCUT2D eigenvalue weighted by atomic mass is 9.82. The normalized spacial score (nSPS) is 14.5. The van der Waals surface area contributed by atoms with E-state index in [0.717, 1.165) is 19.3 Å². The molecule has 1 saturated carbocycles. The third-order valence-electron chi connectivity index (χ3n) is 4.01. The third-order valence-corrected chi connectivity index (χ3v) is 4.01. The Hall–Kier alpha value is -2.57. The van der Waals surface area contributed by atoms with Gasteiger partial charge in [-0.1, -0.05) is 11.6 Å². The summed E-state index contributed by atoms with van der Waals surface area (Å²) in [5, 5.41) is 17.2. The number of methoxy groups -OCH3 is 2. The Morgan fingerprint density at radius 3 is 2.55 bits per heavy atom. The van der Waals surface area contributed by atoms with Crippen LogP contribution >= 0.6 is 0 Å². The van der Waals surface area contributed by atoms with Crippen molar-refractivity contribution < 1.29 is 19.4 Å². The Labute approximate surface area is 127 Å². The summed E-state index contributed by atoms with van der Waals surface area (Å²) in [6, 6.07) is 5.34. The maximum absolute atomic E-state index is 11.4. The van der Waals surface area contributed by atoms with Crippen molar-refractivity contribution in [3.05, 3.63) is 29.6 Å². The molecule has 1 aliphatic carbocycles. The summed E-state index contributed by atoms with van der Waals surface area (Å²) < 4.78 is 12.1. The number of ether oxygens (including phenoxy) is 2. The third kappa shape index (κ3) is 2.28. The first kappa shape index (κ1) is 14.4. The molecule has 0 unspecified atom stereocenters. The molecule has 2 aromatic rings. The minimum absolute atomic E-state index is 0.0273. The summed E-state index contributed by atoms with van der Waals surface area (Å²) in [5.41, 5.74) is 1.39. The van der Waals surface area contributed by atoms with Crippen molar-refractivity contribution in [3.8, 4) is 17.2 Å². The molecule has 116 valence electrons. The molecule has 1 heterocycles. The van der Waals surface area contributed by atoms with Crippen LogP contribution in [-0.4, -0.2) is 40.3 Å². The van der Waals surface area contributed by atoms with Crippen LogP contribution in [-0.2, 0) is 0 Å². The number of hydrogen-bond donors (Lipinski definition) is 1. The Morgan fingerprint density at radius 1 is 1.27 bits per heavy atom. The number of carbonyl (C=O) groups is 1. The van der Waals surface area contributed by atoms with Crippen molar-refractivity contribution in [3.63, 3.8) is 0 Å². The Balaban J connectivity index is 2.10. The smallest absolute Gasteiger partial charge is 0.358 e. The second-order valence-corrected chi connectivity index (χ2v) is 5.21. The maximum Gasteiger partial charge on any atom is 0.358 e. The predicted molar refractivity (Wildman–Crippen MR) is 78.0 cm³/mol. The second kappa shape index (κ2) is 5.67. The van der Waals surface area contributed by atoms with Crippen molar-refractivity contribution in [2.75, 3.05) is 14.2 Å². The zero-order chi connectivity index (χ0) is 15.7. The topological polar surface area (TPSA) is 86.5 Å². The predicted octanol–water partition coefficient (Wildman–Crippen LogP) is 2.25. The first-order valence-electron chi connectivity index (χ1n) is 7.07. The highest BCUT2D eigenvalue weighted by Gasteiger charge is 2.31. The first-order chi connectivity index (χ1) is 10.7. The molecule has 1 aromatic heterocycles. The van der Waals surface area contributed by atoms with Crippen molar-refractivity contribution in [2.24, 2.45) is 0 Å². The van der Waals surface area contributed by atoms with Gasteiger partial charge >= 0.3 is 5.97 Å².